The van der Waals surface area contributed by atoms with Crippen molar-refractivity contribution in [1.82, 2.24) is 20.1 Å². The van der Waals surface area contributed by atoms with Crippen molar-refractivity contribution in [3.05, 3.63) is 41.7 Å². The summed E-state index contributed by atoms with van der Waals surface area (Å²) in [6.45, 7) is 8.63. The first-order valence-corrected chi connectivity index (χ1v) is 11.1. The summed E-state index contributed by atoms with van der Waals surface area (Å²) in [5, 5.41) is 12.8. The molecule has 7 nitrogen and oxygen atoms in total. The quantitative estimate of drug-likeness (QED) is 0.613. The number of halogens is 1. The maximum atomic E-state index is 12.7. The lowest BCUT2D eigenvalue weighted by Crippen LogP contribution is -2.41. The first-order valence-electron chi connectivity index (χ1n) is 9.75. The Balaban J connectivity index is 1.77. The van der Waals surface area contributed by atoms with Gasteiger partial charge in [0.05, 0.1) is 19.3 Å². The topological polar surface area (TPSA) is 78.3 Å². The highest BCUT2D eigenvalue weighted by molar-refractivity contribution is 7.99. The van der Waals surface area contributed by atoms with Gasteiger partial charge in [-0.3, -0.25) is 9.36 Å². The first-order chi connectivity index (χ1) is 14.3. The van der Waals surface area contributed by atoms with Crippen molar-refractivity contribution < 1.29 is 14.3 Å². The van der Waals surface area contributed by atoms with Crippen molar-refractivity contribution in [3.63, 3.8) is 0 Å². The fourth-order valence-electron chi connectivity index (χ4n) is 3.41. The van der Waals surface area contributed by atoms with E-state index in [1.807, 2.05) is 42.7 Å². The molecule has 1 aromatic heterocycles. The molecular weight excluding hydrogens is 424 g/mol. The normalized spacial score (nSPS) is 18.1. The van der Waals surface area contributed by atoms with E-state index in [1.165, 1.54) is 11.8 Å². The molecule has 0 radical (unpaired) electrons. The average Bonchev–Trinajstić information content (AvgIpc) is 3.12. The van der Waals surface area contributed by atoms with E-state index in [4.69, 9.17) is 21.1 Å². The molecule has 1 amide bonds. The maximum Gasteiger partial charge on any atom is 0.223 e. The van der Waals surface area contributed by atoms with E-state index in [2.05, 4.69) is 22.1 Å². The molecule has 1 aliphatic heterocycles. The fourth-order valence-corrected chi connectivity index (χ4v) is 4.30. The van der Waals surface area contributed by atoms with Crippen LogP contribution in [0.1, 0.15) is 32.5 Å². The Bertz CT molecular complexity index is 898. The molecular formula is C21H27ClN4O3S. The van der Waals surface area contributed by atoms with E-state index in [0.29, 0.717) is 34.8 Å². The first kappa shape index (κ1) is 22.7. The Labute approximate surface area is 186 Å². The summed E-state index contributed by atoms with van der Waals surface area (Å²) in [6, 6.07) is 7.59. The molecule has 2 aromatic rings. The number of aromatic nitrogens is 3. The third-order valence-corrected chi connectivity index (χ3v) is 6.18. The van der Waals surface area contributed by atoms with Crippen molar-refractivity contribution >= 4 is 29.3 Å². The molecule has 3 rings (SSSR count). The second kappa shape index (κ2) is 9.85. The van der Waals surface area contributed by atoms with Crippen LogP contribution in [0.15, 0.2) is 41.0 Å². The van der Waals surface area contributed by atoms with Crippen LogP contribution in [0.5, 0.6) is 5.75 Å². The highest BCUT2D eigenvalue weighted by atomic mass is 35.5. The molecule has 1 aliphatic rings. The number of hydrogen-bond acceptors (Lipinski definition) is 6. The Morgan fingerprint density at radius 1 is 1.40 bits per heavy atom. The molecule has 1 saturated heterocycles. The second-order valence-electron chi connectivity index (χ2n) is 7.75. The van der Waals surface area contributed by atoms with Gasteiger partial charge in [-0.05, 0) is 51.0 Å². The lowest BCUT2D eigenvalue weighted by Gasteiger charge is -2.34. The zero-order valence-corrected chi connectivity index (χ0v) is 19.1. The molecule has 0 saturated carbocycles. The van der Waals surface area contributed by atoms with Gasteiger partial charge in [-0.15, -0.1) is 10.2 Å². The minimum atomic E-state index is -0.281. The van der Waals surface area contributed by atoms with Gasteiger partial charge in [-0.2, -0.15) is 0 Å². The van der Waals surface area contributed by atoms with Crippen LogP contribution in [0.4, 0.5) is 0 Å². The van der Waals surface area contributed by atoms with Crippen LogP contribution in [0.2, 0.25) is 0 Å². The van der Waals surface area contributed by atoms with E-state index in [-0.39, 0.29) is 24.0 Å². The van der Waals surface area contributed by atoms with Crippen LogP contribution in [0.25, 0.3) is 5.69 Å². The van der Waals surface area contributed by atoms with Gasteiger partial charge in [0, 0.05) is 29.0 Å². The number of amides is 1. The number of rotatable bonds is 8. The highest BCUT2D eigenvalue weighted by Crippen LogP contribution is 2.29. The minimum Gasteiger partial charge on any atom is -0.497 e. The summed E-state index contributed by atoms with van der Waals surface area (Å²) in [6.07, 6.45) is 1.42. The zero-order chi connectivity index (χ0) is 21.7. The van der Waals surface area contributed by atoms with Gasteiger partial charge in [0.1, 0.15) is 5.75 Å². The van der Waals surface area contributed by atoms with Crippen LogP contribution in [-0.4, -0.2) is 45.7 Å². The summed E-state index contributed by atoms with van der Waals surface area (Å²) in [7, 11) is 1.62. The number of thioether (sulfide) groups is 1. The predicted molar refractivity (Wildman–Crippen MR) is 118 cm³/mol. The third-order valence-electron chi connectivity index (χ3n) is 4.88. The number of benzene rings is 1. The number of nitrogens with zero attached hydrogens (tertiary/aromatic N) is 3. The van der Waals surface area contributed by atoms with Crippen LogP contribution >= 0.6 is 23.4 Å². The zero-order valence-electron chi connectivity index (χ0n) is 17.5. The molecule has 162 valence electrons. The molecule has 2 heterocycles. The van der Waals surface area contributed by atoms with E-state index in [0.717, 1.165) is 17.9 Å². The van der Waals surface area contributed by atoms with Crippen LogP contribution in [-0.2, 0) is 16.1 Å². The van der Waals surface area contributed by atoms with Crippen molar-refractivity contribution in [2.75, 3.05) is 19.5 Å². The molecule has 0 spiro atoms. The largest absolute Gasteiger partial charge is 0.497 e. The molecule has 1 N–H and O–H groups in total. The van der Waals surface area contributed by atoms with Crippen LogP contribution in [0, 0.1) is 5.92 Å². The minimum absolute atomic E-state index is 0.0130. The van der Waals surface area contributed by atoms with Crippen molar-refractivity contribution in [1.29, 1.82) is 0 Å². The summed E-state index contributed by atoms with van der Waals surface area (Å²) < 4.78 is 12.9. The SMILES string of the molecule is C=C(Cl)CSc1nnc(CNC(=O)[C@@H]2CCOC(C)(C)C2)n1-c1ccc(OC)cc1. The summed E-state index contributed by atoms with van der Waals surface area (Å²) in [4.78, 5) is 12.7. The number of nitrogens with one attached hydrogen (secondary N) is 1. The van der Waals surface area contributed by atoms with Crippen LogP contribution in [0.3, 0.4) is 0 Å². The van der Waals surface area contributed by atoms with Crippen molar-refractivity contribution in [2.24, 2.45) is 5.92 Å². The summed E-state index contributed by atoms with van der Waals surface area (Å²) >= 11 is 7.37. The highest BCUT2D eigenvalue weighted by Gasteiger charge is 2.33. The Kier molecular flexibility index (Phi) is 7.44. The Morgan fingerprint density at radius 3 is 2.77 bits per heavy atom. The smallest absolute Gasteiger partial charge is 0.223 e. The Hall–Kier alpha value is -2.03. The average molecular weight is 451 g/mol. The fraction of sp³-hybridized carbons (Fsp3) is 0.476. The van der Waals surface area contributed by atoms with Crippen LogP contribution < -0.4 is 10.1 Å². The van der Waals surface area contributed by atoms with Gasteiger partial charge >= 0.3 is 0 Å². The molecule has 0 aliphatic carbocycles. The lowest BCUT2D eigenvalue weighted by atomic mass is 9.88. The number of carbonyl (C=O) groups is 1. The predicted octanol–water partition coefficient (Wildman–Crippen LogP) is 3.94. The monoisotopic (exact) mass is 450 g/mol. The molecule has 1 atom stereocenters. The van der Waals surface area contributed by atoms with E-state index in [1.54, 1.807) is 7.11 Å². The summed E-state index contributed by atoms with van der Waals surface area (Å²) in [5.74, 6) is 1.85. The van der Waals surface area contributed by atoms with Crippen molar-refractivity contribution in [2.45, 2.75) is 44.0 Å². The maximum absolute atomic E-state index is 12.7. The van der Waals surface area contributed by atoms with Gasteiger partial charge in [-0.25, -0.2) is 0 Å². The number of ether oxygens (including phenoxy) is 2. The molecule has 9 heteroatoms. The Morgan fingerprint density at radius 2 is 2.13 bits per heavy atom. The number of methoxy groups -OCH3 is 1. The molecule has 1 aromatic carbocycles. The standard InChI is InChI=1S/C21H27ClN4O3S/c1-14(22)13-30-20-25-24-18(26(20)16-5-7-17(28-4)8-6-16)12-23-19(27)15-9-10-29-21(2,3)11-15/h5-8,15H,1,9-13H2,2-4H3,(H,23,27)/t15-/m1/s1. The number of carbonyl (C=O) groups excluding carboxylic acids is 1. The molecule has 0 bridgehead atoms. The lowest BCUT2D eigenvalue weighted by molar-refractivity contribution is -0.135. The van der Waals surface area contributed by atoms with E-state index >= 15 is 0 Å². The van der Waals surface area contributed by atoms with Gasteiger partial charge in [-0.1, -0.05) is 29.9 Å². The van der Waals surface area contributed by atoms with Gasteiger partial charge in [0.2, 0.25) is 5.91 Å². The molecule has 0 unspecified atom stereocenters. The van der Waals surface area contributed by atoms with Gasteiger partial charge < -0.3 is 14.8 Å². The second-order valence-corrected chi connectivity index (χ2v) is 9.23. The van der Waals surface area contributed by atoms with E-state index in [9.17, 15) is 4.79 Å². The van der Waals surface area contributed by atoms with E-state index < -0.39 is 0 Å². The molecule has 30 heavy (non-hydrogen) atoms. The third kappa shape index (κ3) is 5.77. The van der Waals surface area contributed by atoms with Gasteiger partial charge in [0.15, 0.2) is 11.0 Å². The van der Waals surface area contributed by atoms with Crippen molar-refractivity contribution in [3.8, 4) is 11.4 Å². The number of hydrogen-bond donors (Lipinski definition) is 1. The summed E-state index contributed by atoms with van der Waals surface area (Å²) in [5.41, 5.74) is 0.594. The van der Waals surface area contributed by atoms with Gasteiger partial charge in [0.25, 0.3) is 0 Å². The molecule has 1 fully saturated rings.